The Hall–Kier alpha value is -6.43. The number of likely N-dealkylation sites (tertiary alicyclic amines) is 2. The molecular weight excluding hydrogens is 1100 g/mol. The Bertz CT molecular complexity index is 3180. The van der Waals surface area contributed by atoms with Gasteiger partial charge < -0.3 is 45.9 Å². The first kappa shape index (κ1) is 61.6. The third kappa shape index (κ3) is 15.0. The van der Waals surface area contributed by atoms with E-state index in [0.717, 1.165) is 88.4 Å². The summed E-state index contributed by atoms with van der Waals surface area (Å²) in [4.78, 5) is 74.5. The van der Waals surface area contributed by atoms with Gasteiger partial charge in [0.15, 0.2) is 0 Å². The highest BCUT2D eigenvalue weighted by Crippen LogP contribution is 2.41. The van der Waals surface area contributed by atoms with Gasteiger partial charge in [0.25, 0.3) is 0 Å². The molecule has 0 aliphatic carbocycles. The lowest BCUT2D eigenvalue weighted by Crippen LogP contribution is -2.56. The minimum atomic E-state index is -1.32. The molecule has 6 aromatic rings. The Kier molecular flexibility index (Phi) is 21.2. The van der Waals surface area contributed by atoms with Gasteiger partial charge in [0.2, 0.25) is 17.7 Å². The van der Waals surface area contributed by atoms with Gasteiger partial charge in [0.05, 0.1) is 41.9 Å². The van der Waals surface area contributed by atoms with E-state index >= 15 is 0 Å². The zero-order chi connectivity index (χ0) is 58.7. The molecule has 10 rings (SSSR count). The van der Waals surface area contributed by atoms with Crippen molar-refractivity contribution in [3.8, 4) is 22.5 Å². The van der Waals surface area contributed by atoms with Crippen molar-refractivity contribution in [1.29, 1.82) is 0 Å². The average molecular weight is 1170 g/mol. The number of thiazole rings is 2. The number of esters is 1. The van der Waals surface area contributed by atoms with Gasteiger partial charge in [-0.2, -0.15) is 0 Å². The van der Waals surface area contributed by atoms with Crippen LogP contribution in [0.15, 0.2) is 83.6 Å². The quantitative estimate of drug-likeness (QED) is 0.0555. The summed E-state index contributed by atoms with van der Waals surface area (Å²) in [7, 11) is 0. The molecule has 440 valence electrons. The first-order chi connectivity index (χ1) is 39.4. The van der Waals surface area contributed by atoms with E-state index in [0.29, 0.717) is 56.6 Å². The van der Waals surface area contributed by atoms with Crippen molar-refractivity contribution in [3.05, 3.63) is 105 Å². The van der Waals surface area contributed by atoms with Gasteiger partial charge in [-0.25, -0.2) is 23.1 Å². The molecule has 4 aliphatic heterocycles. The summed E-state index contributed by atoms with van der Waals surface area (Å²) in [6.07, 6.45) is 5.90. The fourth-order valence-electron chi connectivity index (χ4n) is 10.9. The van der Waals surface area contributed by atoms with E-state index in [4.69, 9.17) is 40.8 Å². The van der Waals surface area contributed by atoms with E-state index < -0.39 is 67.3 Å². The monoisotopic (exact) mass is 1170 g/mol. The number of carboxylic acids is 1. The number of nitrogens with zero attached hydrogens (tertiary/aromatic N) is 4. The lowest BCUT2D eigenvalue weighted by molar-refractivity contribution is -0.160. The SMILES string of the molecule is CC(C)(C)OC(=O)CC(CF)C(=O)O.NC(CF)C(=O)N[C@H](C(=O)N1CCC[C@H]1c1nc(-c2ccc(F)c3ccccc23)cs1)C1CCOCC1.N[C@H](C(=O)N1CCC[C@H]1c1nc(-c2ccc(F)c3ccccc23)cs1)C1CCOCC1. The van der Waals surface area contributed by atoms with Gasteiger partial charge in [0.1, 0.15) is 52.7 Å². The molecule has 2 aromatic heterocycles. The largest absolute Gasteiger partial charge is 0.481 e. The second kappa shape index (κ2) is 28.2. The van der Waals surface area contributed by atoms with Crippen LogP contribution in [0.25, 0.3) is 44.1 Å². The number of hydrogen-bond acceptors (Lipinski definition) is 14. The first-order valence-corrected chi connectivity index (χ1v) is 29.5. The Labute approximate surface area is 481 Å². The van der Waals surface area contributed by atoms with Gasteiger partial charge in [-0.05, 0) is 119 Å². The smallest absolute Gasteiger partial charge is 0.309 e. The molecule has 6 N–H and O–H groups in total. The van der Waals surface area contributed by atoms with Crippen molar-refractivity contribution in [3.63, 3.8) is 0 Å². The predicted molar refractivity (Wildman–Crippen MR) is 306 cm³/mol. The number of nitrogens with two attached hydrogens (primary N) is 2. The molecule has 4 saturated heterocycles. The maximum atomic E-state index is 14.3. The summed E-state index contributed by atoms with van der Waals surface area (Å²) in [6.45, 7) is 6.56. The van der Waals surface area contributed by atoms with Crippen molar-refractivity contribution in [2.45, 2.75) is 114 Å². The van der Waals surface area contributed by atoms with Crippen molar-refractivity contribution in [2.24, 2.45) is 29.2 Å². The average Bonchev–Trinajstić information content (AvgIpc) is 4.44. The Morgan fingerprint density at radius 1 is 0.683 bits per heavy atom. The Morgan fingerprint density at radius 3 is 1.60 bits per heavy atom. The number of amides is 3. The standard InChI is InChI=1S/C27H30F2N4O3S.C24H26FN3O2S.C9H15FO4/c28-14-21(30)25(34)32-24(16-9-12-36-13-10-16)27(35)33-11-3-6-23(33)26-31-22(15-37-26)19-7-8-20(29)18-5-2-1-4-17(18)19;25-19-8-7-18(16-4-1-2-5-17(16)19)20-14-31-23(27-20)21-6-3-11-28(21)24(29)22(26)15-9-12-30-13-10-15;1-9(2,3)14-7(11)4-6(5-10)8(12)13/h1-2,4-5,7-8,15-16,21,23-24H,3,6,9-14,30H2,(H,32,34);1-2,4-5,7-8,14-15,21-22H,3,6,9-13,26H2;6H,4-5H2,1-3H3,(H,12,13)/t21?,23-,24-;21-,22-;/m00./s1. The molecule has 82 heavy (non-hydrogen) atoms. The van der Waals surface area contributed by atoms with E-state index in [-0.39, 0.29) is 47.4 Å². The van der Waals surface area contributed by atoms with Crippen molar-refractivity contribution >= 4 is 73.9 Å². The third-order valence-electron chi connectivity index (χ3n) is 15.2. The van der Waals surface area contributed by atoms with E-state index in [1.54, 1.807) is 67.3 Å². The van der Waals surface area contributed by atoms with E-state index in [1.807, 2.05) is 46.0 Å². The van der Waals surface area contributed by atoms with Crippen molar-refractivity contribution in [2.75, 3.05) is 52.9 Å². The normalized spacial score (nSPS) is 19.3. The molecule has 4 aromatic carbocycles. The number of aromatic nitrogens is 2. The highest BCUT2D eigenvalue weighted by atomic mass is 32.1. The molecule has 0 bridgehead atoms. The molecule has 3 amide bonds. The van der Waals surface area contributed by atoms with Crippen LogP contribution in [0.1, 0.15) is 101 Å². The summed E-state index contributed by atoms with van der Waals surface area (Å²) >= 11 is 3.03. The van der Waals surface area contributed by atoms with Crippen LogP contribution in [0.4, 0.5) is 17.6 Å². The molecule has 6 heterocycles. The molecule has 0 saturated carbocycles. The summed E-state index contributed by atoms with van der Waals surface area (Å²) < 4.78 is 69.4. The van der Waals surface area contributed by atoms with Gasteiger partial charge in [-0.1, -0.05) is 48.5 Å². The van der Waals surface area contributed by atoms with Gasteiger partial charge in [-0.3, -0.25) is 28.4 Å². The summed E-state index contributed by atoms with van der Waals surface area (Å²) in [5.74, 6) is -4.60. The number of benzene rings is 4. The molecule has 0 radical (unpaired) electrons. The number of hydrogen-bond donors (Lipinski definition) is 4. The van der Waals surface area contributed by atoms with Crippen molar-refractivity contribution < 1.29 is 60.9 Å². The number of alkyl halides is 2. The topological polar surface area (TPSA) is 230 Å². The molecular formula is C60H71F4N7O9S2. The first-order valence-electron chi connectivity index (χ1n) is 27.8. The lowest BCUT2D eigenvalue weighted by Gasteiger charge is -2.34. The molecule has 2 unspecified atom stereocenters. The van der Waals surface area contributed by atoms with Gasteiger partial charge in [-0.15, -0.1) is 22.7 Å². The Balaban J connectivity index is 0.000000177. The summed E-state index contributed by atoms with van der Waals surface area (Å²) in [6, 6.07) is 18.4. The second-order valence-corrected chi connectivity index (χ2v) is 23.7. The minimum absolute atomic E-state index is 0.0263. The molecule has 22 heteroatoms. The van der Waals surface area contributed by atoms with Crippen LogP contribution in [0.2, 0.25) is 0 Å². The Morgan fingerprint density at radius 2 is 1.15 bits per heavy atom. The van der Waals surface area contributed by atoms with Crippen LogP contribution >= 0.6 is 22.7 Å². The maximum absolute atomic E-state index is 14.3. The lowest BCUT2D eigenvalue weighted by atomic mass is 9.90. The molecule has 4 aliphatic rings. The van der Waals surface area contributed by atoms with E-state index in [2.05, 4.69) is 5.32 Å². The molecule has 4 fully saturated rings. The molecule has 0 spiro atoms. The number of aliphatic carboxylic acids is 1. The number of rotatable bonds is 15. The molecule has 16 nitrogen and oxygen atoms in total. The van der Waals surface area contributed by atoms with Crippen LogP contribution in [-0.2, 0) is 38.2 Å². The molecule has 6 atom stereocenters. The van der Waals surface area contributed by atoms with Crippen LogP contribution in [0, 0.1) is 29.4 Å². The zero-order valence-electron chi connectivity index (χ0n) is 46.2. The van der Waals surface area contributed by atoms with Crippen LogP contribution in [0.5, 0.6) is 0 Å². The minimum Gasteiger partial charge on any atom is -0.481 e. The van der Waals surface area contributed by atoms with Crippen molar-refractivity contribution in [1.82, 2.24) is 25.1 Å². The fourth-order valence-corrected chi connectivity index (χ4v) is 12.8. The van der Waals surface area contributed by atoms with Crippen LogP contribution in [0.3, 0.4) is 0 Å². The van der Waals surface area contributed by atoms with Crippen LogP contribution in [-0.4, -0.2) is 131 Å². The number of carbonyl (C=O) groups is 5. The number of carboxylic acid groups (broad SMARTS) is 1. The van der Waals surface area contributed by atoms with Crippen LogP contribution < -0.4 is 16.8 Å². The number of halogens is 4. The number of carbonyl (C=O) groups excluding carboxylic acids is 4. The number of nitrogens with one attached hydrogen (secondary N) is 1. The zero-order valence-corrected chi connectivity index (χ0v) is 47.8. The van der Waals surface area contributed by atoms with E-state index in [9.17, 15) is 41.5 Å². The number of ether oxygens (including phenoxy) is 3. The third-order valence-corrected chi connectivity index (χ3v) is 17.1. The highest BCUT2D eigenvalue weighted by molar-refractivity contribution is 7.10. The highest BCUT2D eigenvalue weighted by Gasteiger charge is 2.41. The summed E-state index contributed by atoms with van der Waals surface area (Å²) in [5, 5.41) is 19.6. The van der Waals surface area contributed by atoms with Gasteiger partial charge >= 0.3 is 11.9 Å². The summed E-state index contributed by atoms with van der Waals surface area (Å²) in [5.41, 5.74) is 14.6. The van der Waals surface area contributed by atoms with Gasteiger partial charge in [0, 0.05) is 72.2 Å². The second-order valence-electron chi connectivity index (χ2n) is 22.0. The number of fused-ring (bicyclic) bond motifs is 2. The van der Waals surface area contributed by atoms with E-state index in [1.165, 1.54) is 23.5 Å². The fraction of sp³-hybridized carbons (Fsp3) is 0.483. The predicted octanol–water partition coefficient (Wildman–Crippen LogP) is 9.88. The maximum Gasteiger partial charge on any atom is 0.309 e.